The van der Waals surface area contributed by atoms with E-state index in [2.05, 4.69) is 0 Å². The molecule has 0 radical (unpaired) electrons. The van der Waals surface area contributed by atoms with Crippen LogP contribution in [0.4, 0.5) is 5.69 Å². The molecule has 2 N–H and O–H groups in total. The molecule has 2 aromatic carbocycles. The van der Waals surface area contributed by atoms with E-state index in [9.17, 15) is 4.79 Å². The predicted octanol–water partition coefficient (Wildman–Crippen LogP) is 4.68. The molecule has 0 spiro atoms. The van der Waals surface area contributed by atoms with E-state index < -0.39 is 5.60 Å². The average molecular weight is 309 g/mol. The number of carbonyl (C=O) groups excluding carboxylic acids is 1. The molecule has 0 unspecified atom stereocenters. The van der Waals surface area contributed by atoms with E-state index in [1.807, 2.05) is 75.4 Å². The molecule has 120 valence electrons. The van der Waals surface area contributed by atoms with Gasteiger partial charge in [-0.1, -0.05) is 54.6 Å². The average Bonchev–Trinajstić information content (AvgIpc) is 2.46. The number of ether oxygens (including phenoxy) is 1. The topological polar surface area (TPSA) is 52.3 Å². The maximum absolute atomic E-state index is 11.7. The zero-order valence-electron chi connectivity index (χ0n) is 13.9. The van der Waals surface area contributed by atoms with Gasteiger partial charge in [-0.2, -0.15) is 0 Å². The zero-order valence-corrected chi connectivity index (χ0v) is 13.9. The molecule has 0 aliphatic rings. The highest BCUT2D eigenvalue weighted by Gasteiger charge is 2.14. The fourth-order valence-electron chi connectivity index (χ4n) is 2.24. The first kappa shape index (κ1) is 16.8. The summed E-state index contributed by atoms with van der Waals surface area (Å²) < 4.78 is 5.26. The highest BCUT2D eigenvalue weighted by molar-refractivity contribution is 5.79. The summed E-state index contributed by atoms with van der Waals surface area (Å²) in [5.41, 5.74) is 9.47. The van der Waals surface area contributed by atoms with Gasteiger partial charge < -0.3 is 10.5 Å². The highest BCUT2D eigenvalue weighted by atomic mass is 16.6. The van der Waals surface area contributed by atoms with Crippen LogP contribution < -0.4 is 5.73 Å². The molecule has 23 heavy (non-hydrogen) atoms. The molecule has 0 amide bonds. The lowest BCUT2D eigenvalue weighted by molar-refractivity contribution is -0.153. The SMILES string of the molecule is CC(C)(C)OC(=O)C/C=C/c1ccc(-c2ccccc2)c(N)c1. The van der Waals surface area contributed by atoms with Crippen LogP contribution in [0.1, 0.15) is 32.8 Å². The van der Waals surface area contributed by atoms with Crippen molar-refractivity contribution in [2.24, 2.45) is 0 Å². The number of nitrogens with two attached hydrogens (primary N) is 1. The number of hydrogen-bond acceptors (Lipinski definition) is 3. The van der Waals surface area contributed by atoms with E-state index in [1.54, 1.807) is 6.08 Å². The van der Waals surface area contributed by atoms with E-state index >= 15 is 0 Å². The minimum Gasteiger partial charge on any atom is -0.460 e. The number of nitrogen functional groups attached to an aromatic ring is 1. The normalized spacial score (nSPS) is 11.6. The van der Waals surface area contributed by atoms with E-state index in [-0.39, 0.29) is 12.4 Å². The molecule has 0 heterocycles. The first-order valence-corrected chi connectivity index (χ1v) is 7.68. The predicted molar refractivity (Wildman–Crippen MR) is 95.8 cm³/mol. The van der Waals surface area contributed by atoms with E-state index in [0.29, 0.717) is 0 Å². The van der Waals surface area contributed by atoms with Crippen molar-refractivity contribution >= 4 is 17.7 Å². The maximum atomic E-state index is 11.7. The summed E-state index contributed by atoms with van der Waals surface area (Å²) in [4.78, 5) is 11.7. The van der Waals surface area contributed by atoms with Crippen LogP contribution in [-0.2, 0) is 9.53 Å². The number of benzene rings is 2. The molecule has 0 atom stereocenters. The van der Waals surface area contributed by atoms with Gasteiger partial charge in [0.1, 0.15) is 5.60 Å². The van der Waals surface area contributed by atoms with Crippen molar-refractivity contribution < 1.29 is 9.53 Å². The minimum absolute atomic E-state index is 0.234. The Morgan fingerprint density at radius 1 is 1.13 bits per heavy atom. The number of anilines is 1. The van der Waals surface area contributed by atoms with Crippen molar-refractivity contribution in [1.82, 2.24) is 0 Å². The lowest BCUT2D eigenvalue weighted by Crippen LogP contribution is -2.23. The Balaban J connectivity index is 2.04. The van der Waals surface area contributed by atoms with Crippen molar-refractivity contribution in [1.29, 1.82) is 0 Å². The largest absolute Gasteiger partial charge is 0.460 e. The second-order valence-electron chi connectivity index (χ2n) is 6.41. The Morgan fingerprint density at radius 2 is 1.83 bits per heavy atom. The fourth-order valence-corrected chi connectivity index (χ4v) is 2.24. The van der Waals surface area contributed by atoms with Crippen molar-refractivity contribution in [3.63, 3.8) is 0 Å². The second kappa shape index (κ2) is 7.14. The van der Waals surface area contributed by atoms with Gasteiger partial charge in [0.25, 0.3) is 0 Å². The molecule has 2 rings (SSSR count). The van der Waals surface area contributed by atoms with Crippen molar-refractivity contribution in [2.45, 2.75) is 32.8 Å². The molecular weight excluding hydrogens is 286 g/mol. The molecular formula is C20H23NO2. The van der Waals surface area contributed by atoms with Crippen LogP contribution in [0, 0.1) is 0 Å². The summed E-state index contributed by atoms with van der Waals surface area (Å²) >= 11 is 0. The molecule has 0 saturated carbocycles. The Labute approximate surface area is 137 Å². The van der Waals surface area contributed by atoms with Crippen LogP contribution in [0.15, 0.2) is 54.6 Å². The fraction of sp³-hybridized carbons (Fsp3) is 0.250. The zero-order chi connectivity index (χ0) is 16.9. The lowest BCUT2D eigenvalue weighted by Gasteiger charge is -2.18. The number of carbonyl (C=O) groups is 1. The monoisotopic (exact) mass is 309 g/mol. The second-order valence-corrected chi connectivity index (χ2v) is 6.41. The van der Waals surface area contributed by atoms with Crippen molar-refractivity contribution in [3.05, 3.63) is 60.2 Å². The molecule has 0 aliphatic carbocycles. The van der Waals surface area contributed by atoms with Gasteiger partial charge in [-0.05, 0) is 38.0 Å². The highest BCUT2D eigenvalue weighted by Crippen LogP contribution is 2.26. The van der Waals surface area contributed by atoms with E-state index in [4.69, 9.17) is 10.5 Å². The molecule has 2 aromatic rings. The minimum atomic E-state index is -0.452. The van der Waals surface area contributed by atoms with Crippen LogP contribution in [0.2, 0.25) is 0 Å². The summed E-state index contributed by atoms with van der Waals surface area (Å²) in [6.07, 6.45) is 3.93. The van der Waals surface area contributed by atoms with Gasteiger partial charge >= 0.3 is 5.97 Å². The Kier molecular flexibility index (Phi) is 5.22. The number of esters is 1. The third-order valence-electron chi connectivity index (χ3n) is 3.18. The lowest BCUT2D eigenvalue weighted by atomic mass is 10.0. The number of rotatable bonds is 4. The van der Waals surface area contributed by atoms with Gasteiger partial charge in [0.05, 0.1) is 6.42 Å². The summed E-state index contributed by atoms with van der Waals surface area (Å²) in [5.74, 6) is -0.234. The van der Waals surface area contributed by atoms with Gasteiger partial charge in [-0.3, -0.25) is 4.79 Å². The van der Waals surface area contributed by atoms with Crippen LogP contribution in [0.25, 0.3) is 17.2 Å². The van der Waals surface area contributed by atoms with Crippen LogP contribution in [0.3, 0.4) is 0 Å². The van der Waals surface area contributed by atoms with Crippen LogP contribution in [0.5, 0.6) is 0 Å². The third kappa shape index (κ3) is 5.29. The van der Waals surface area contributed by atoms with Gasteiger partial charge in [0.15, 0.2) is 0 Å². The van der Waals surface area contributed by atoms with Crippen molar-refractivity contribution in [2.75, 3.05) is 5.73 Å². The van der Waals surface area contributed by atoms with Crippen LogP contribution >= 0.6 is 0 Å². The molecule has 0 aromatic heterocycles. The molecule has 0 fully saturated rings. The molecule has 0 bridgehead atoms. The Bertz CT molecular complexity index is 697. The quantitative estimate of drug-likeness (QED) is 0.659. The summed E-state index contributed by atoms with van der Waals surface area (Å²) in [6.45, 7) is 5.58. The number of hydrogen-bond donors (Lipinski definition) is 1. The maximum Gasteiger partial charge on any atom is 0.310 e. The molecule has 0 saturated heterocycles. The van der Waals surface area contributed by atoms with Gasteiger partial charge in [-0.25, -0.2) is 0 Å². The van der Waals surface area contributed by atoms with E-state index in [0.717, 1.165) is 22.4 Å². The van der Waals surface area contributed by atoms with Gasteiger partial charge in [0, 0.05) is 11.3 Å². The molecule has 0 aliphatic heterocycles. The summed E-state index contributed by atoms with van der Waals surface area (Å²) in [6, 6.07) is 15.9. The van der Waals surface area contributed by atoms with E-state index in [1.165, 1.54) is 0 Å². The standard InChI is InChI=1S/C20H23NO2/c1-20(2,3)23-19(22)11-7-8-15-12-13-17(18(21)14-15)16-9-5-4-6-10-16/h4-10,12-14H,11,21H2,1-3H3/b8-7+. The summed E-state index contributed by atoms with van der Waals surface area (Å²) in [5, 5.41) is 0. The van der Waals surface area contributed by atoms with Crippen molar-refractivity contribution in [3.8, 4) is 11.1 Å². The van der Waals surface area contributed by atoms with Crippen LogP contribution in [-0.4, -0.2) is 11.6 Å². The first-order chi connectivity index (χ1) is 10.8. The van der Waals surface area contributed by atoms with Gasteiger partial charge in [0.2, 0.25) is 0 Å². The third-order valence-corrected chi connectivity index (χ3v) is 3.18. The van der Waals surface area contributed by atoms with Gasteiger partial charge in [-0.15, -0.1) is 0 Å². The Hall–Kier alpha value is -2.55. The molecule has 3 nitrogen and oxygen atoms in total. The smallest absolute Gasteiger partial charge is 0.310 e. The first-order valence-electron chi connectivity index (χ1n) is 7.68. The Morgan fingerprint density at radius 3 is 2.43 bits per heavy atom. The summed E-state index contributed by atoms with van der Waals surface area (Å²) in [7, 11) is 0. The molecule has 3 heteroatoms.